The number of rotatable bonds is 6. The summed E-state index contributed by atoms with van der Waals surface area (Å²) >= 11 is 0. The molecule has 1 atom stereocenters. The van der Waals surface area contributed by atoms with E-state index in [1.807, 2.05) is 6.08 Å². The lowest BCUT2D eigenvalue weighted by Crippen LogP contribution is -2.38. The van der Waals surface area contributed by atoms with Gasteiger partial charge in [0, 0.05) is 12.6 Å². The van der Waals surface area contributed by atoms with Crippen molar-refractivity contribution in [3.8, 4) is 0 Å². The molecule has 1 aliphatic rings. The topological polar surface area (TPSA) is 38.0 Å². The van der Waals surface area contributed by atoms with Gasteiger partial charge in [-0.1, -0.05) is 6.08 Å². The zero-order chi connectivity index (χ0) is 8.10. The van der Waals surface area contributed by atoms with E-state index in [0.29, 0.717) is 6.04 Å². The predicted molar refractivity (Wildman–Crippen MR) is 48.4 cm³/mol. The first-order chi connectivity index (χ1) is 5.38. The summed E-state index contributed by atoms with van der Waals surface area (Å²) in [6.45, 7) is 5.48. The fourth-order valence-electron chi connectivity index (χ4n) is 1.31. The van der Waals surface area contributed by atoms with E-state index in [1.165, 1.54) is 12.8 Å². The van der Waals surface area contributed by atoms with Gasteiger partial charge in [-0.15, -0.1) is 6.58 Å². The lowest BCUT2D eigenvalue weighted by Gasteiger charge is -2.14. The average Bonchev–Trinajstić information content (AvgIpc) is 2.81. The van der Waals surface area contributed by atoms with Crippen LogP contribution in [0, 0.1) is 5.92 Å². The van der Waals surface area contributed by atoms with Crippen LogP contribution in [-0.4, -0.2) is 19.1 Å². The van der Waals surface area contributed by atoms with E-state index in [0.717, 1.165) is 25.4 Å². The van der Waals surface area contributed by atoms with Crippen LogP contribution in [0.2, 0.25) is 0 Å². The van der Waals surface area contributed by atoms with Crippen LogP contribution in [0.4, 0.5) is 0 Å². The van der Waals surface area contributed by atoms with Gasteiger partial charge in [-0.05, 0) is 31.7 Å². The van der Waals surface area contributed by atoms with Crippen molar-refractivity contribution in [3.63, 3.8) is 0 Å². The molecule has 11 heavy (non-hydrogen) atoms. The summed E-state index contributed by atoms with van der Waals surface area (Å²) in [7, 11) is 0. The summed E-state index contributed by atoms with van der Waals surface area (Å²) < 4.78 is 0. The average molecular weight is 154 g/mol. The Labute approximate surface area is 68.9 Å². The summed E-state index contributed by atoms with van der Waals surface area (Å²) in [5.41, 5.74) is 5.61. The van der Waals surface area contributed by atoms with Gasteiger partial charge >= 0.3 is 0 Å². The minimum Gasteiger partial charge on any atom is -0.329 e. The van der Waals surface area contributed by atoms with Gasteiger partial charge < -0.3 is 11.1 Å². The van der Waals surface area contributed by atoms with Gasteiger partial charge in [0.2, 0.25) is 0 Å². The van der Waals surface area contributed by atoms with Crippen LogP contribution < -0.4 is 11.1 Å². The van der Waals surface area contributed by atoms with E-state index in [4.69, 9.17) is 5.73 Å². The number of hydrogen-bond acceptors (Lipinski definition) is 2. The highest BCUT2D eigenvalue weighted by atomic mass is 14.9. The largest absolute Gasteiger partial charge is 0.329 e. The lowest BCUT2D eigenvalue weighted by atomic mass is 10.2. The van der Waals surface area contributed by atoms with E-state index >= 15 is 0 Å². The fraction of sp³-hybridized carbons (Fsp3) is 0.778. The van der Waals surface area contributed by atoms with Crippen molar-refractivity contribution >= 4 is 0 Å². The van der Waals surface area contributed by atoms with Crippen molar-refractivity contribution < 1.29 is 0 Å². The molecule has 2 heteroatoms. The van der Waals surface area contributed by atoms with Crippen LogP contribution in [0.15, 0.2) is 12.7 Å². The van der Waals surface area contributed by atoms with Gasteiger partial charge in [-0.2, -0.15) is 0 Å². The number of hydrogen-bond donors (Lipinski definition) is 2. The molecule has 0 bridgehead atoms. The molecule has 2 nitrogen and oxygen atoms in total. The Bertz CT molecular complexity index is 119. The highest BCUT2D eigenvalue weighted by Crippen LogP contribution is 2.31. The lowest BCUT2D eigenvalue weighted by molar-refractivity contribution is 0.475. The SMILES string of the molecule is C=CCCNC(CN)C1CC1. The third-order valence-electron chi connectivity index (χ3n) is 2.20. The molecule has 0 radical (unpaired) electrons. The van der Waals surface area contributed by atoms with E-state index in [9.17, 15) is 0 Å². The first-order valence-corrected chi connectivity index (χ1v) is 4.43. The van der Waals surface area contributed by atoms with Crippen LogP contribution in [0.3, 0.4) is 0 Å². The molecule has 64 valence electrons. The Kier molecular flexibility index (Phi) is 3.60. The summed E-state index contributed by atoms with van der Waals surface area (Å²) in [5.74, 6) is 0.866. The molecular weight excluding hydrogens is 136 g/mol. The Morgan fingerprint density at radius 1 is 1.64 bits per heavy atom. The third-order valence-corrected chi connectivity index (χ3v) is 2.20. The standard InChI is InChI=1S/C9H18N2/c1-2-3-6-11-9(7-10)8-4-5-8/h2,8-9,11H,1,3-7,10H2. The normalized spacial score (nSPS) is 19.7. The molecule has 0 saturated heterocycles. The van der Waals surface area contributed by atoms with Crippen LogP contribution in [-0.2, 0) is 0 Å². The van der Waals surface area contributed by atoms with Crippen molar-refractivity contribution in [2.24, 2.45) is 11.7 Å². The quantitative estimate of drug-likeness (QED) is 0.440. The third kappa shape index (κ3) is 3.04. The van der Waals surface area contributed by atoms with Crippen LogP contribution in [0.25, 0.3) is 0 Å². The Morgan fingerprint density at radius 2 is 2.36 bits per heavy atom. The van der Waals surface area contributed by atoms with Gasteiger partial charge in [0.15, 0.2) is 0 Å². The van der Waals surface area contributed by atoms with Gasteiger partial charge in [0.05, 0.1) is 0 Å². The Hall–Kier alpha value is -0.340. The zero-order valence-corrected chi connectivity index (χ0v) is 7.05. The summed E-state index contributed by atoms with van der Waals surface area (Å²) in [4.78, 5) is 0. The second-order valence-corrected chi connectivity index (χ2v) is 3.21. The molecule has 0 aromatic rings. The summed E-state index contributed by atoms with van der Waals surface area (Å²) in [6.07, 6.45) is 5.71. The maximum atomic E-state index is 5.61. The van der Waals surface area contributed by atoms with Gasteiger partial charge in [-0.3, -0.25) is 0 Å². The second kappa shape index (κ2) is 4.52. The van der Waals surface area contributed by atoms with E-state index in [-0.39, 0.29) is 0 Å². The minimum atomic E-state index is 0.565. The van der Waals surface area contributed by atoms with E-state index in [1.54, 1.807) is 0 Å². The molecule has 1 rings (SSSR count). The number of nitrogens with one attached hydrogen (secondary N) is 1. The Morgan fingerprint density at radius 3 is 2.82 bits per heavy atom. The molecule has 0 spiro atoms. The molecule has 0 heterocycles. The molecule has 0 aromatic heterocycles. The van der Waals surface area contributed by atoms with E-state index < -0.39 is 0 Å². The van der Waals surface area contributed by atoms with Gasteiger partial charge in [0.25, 0.3) is 0 Å². The zero-order valence-electron chi connectivity index (χ0n) is 7.05. The smallest absolute Gasteiger partial charge is 0.0218 e. The maximum absolute atomic E-state index is 5.61. The van der Waals surface area contributed by atoms with Gasteiger partial charge in [0.1, 0.15) is 0 Å². The van der Waals surface area contributed by atoms with Crippen molar-refractivity contribution in [3.05, 3.63) is 12.7 Å². The molecule has 0 aliphatic heterocycles. The molecule has 1 saturated carbocycles. The van der Waals surface area contributed by atoms with Crippen LogP contribution >= 0.6 is 0 Å². The molecule has 1 fully saturated rings. The summed E-state index contributed by atoms with van der Waals surface area (Å²) in [5, 5.41) is 3.44. The highest BCUT2D eigenvalue weighted by molar-refractivity contribution is 4.87. The van der Waals surface area contributed by atoms with Gasteiger partial charge in [-0.25, -0.2) is 0 Å². The molecular formula is C9H18N2. The van der Waals surface area contributed by atoms with Crippen molar-refractivity contribution in [2.45, 2.75) is 25.3 Å². The molecule has 0 amide bonds. The van der Waals surface area contributed by atoms with Crippen LogP contribution in [0.5, 0.6) is 0 Å². The second-order valence-electron chi connectivity index (χ2n) is 3.21. The van der Waals surface area contributed by atoms with Crippen molar-refractivity contribution in [2.75, 3.05) is 13.1 Å². The number of nitrogens with two attached hydrogens (primary N) is 1. The van der Waals surface area contributed by atoms with Crippen molar-refractivity contribution in [1.29, 1.82) is 0 Å². The molecule has 0 aromatic carbocycles. The predicted octanol–water partition coefficient (Wildman–Crippen LogP) is 0.889. The monoisotopic (exact) mass is 154 g/mol. The minimum absolute atomic E-state index is 0.565. The molecule has 1 aliphatic carbocycles. The molecule has 3 N–H and O–H groups in total. The highest BCUT2D eigenvalue weighted by Gasteiger charge is 2.29. The molecule has 1 unspecified atom stereocenters. The van der Waals surface area contributed by atoms with Crippen molar-refractivity contribution in [1.82, 2.24) is 5.32 Å². The first kappa shape index (κ1) is 8.75. The maximum Gasteiger partial charge on any atom is 0.0218 e. The Balaban J connectivity index is 2.05. The first-order valence-electron chi connectivity index (χ1n) is 4.43. The fourth-order valence-corrected chi connectivity index (χ4v) is 1.31. The van der Waals surface area contributed by atoms with Crippen LogP contribution in [0.1, 0.15) is 19.3 Å². The summed E-state index contributed by atoms with van der Waals surface area (Å²) in [6, 6.07) is 0.565. The van der Waals surface area contributed by atoms with E-state index in [2.05, 4.69) is 11.9 Å².